The monoisotopic (exact) mass is 269 g/mol. The molecule has 1 unspecified atom stereocenters. The molecular weight excluding hydrogens is 257 g/mol. The number of aromatic amines is 1. The number of benzene rings is 1. The Labute approximate surface area is 110 Å². The second-order valence-electron chi connectivity index (χ2n) is 3.94. The maximum atomic E-state index is 6.12. The smallest absolute Gasteiger partial charge is 0.110 e. The molecule has 0 saturated carbocycles. The molecule has 0 spiro atoms. The molecule has 2 rings (SSSR count). The summed E-state index contributed by atoms with van der Waals surface area (Å²) >= 11 is 12.1. The van der Waals surface area contributed by atoms with Gasteiger partial charge in [-0.2, -0.15) is 0 Å². The van der Waals surface area contributed by atoms with E-state index in [1.54, 1.807) is 18.3 Å². The number of nitrogens with two attached hydrogens (primary N) is 1. The molecule has 1 atom stereocenters. The zero-order chi connectivity index (χ0) is 12.4. The van der Waals surface area contributed by atoms with Gasteiger partial charge in [-0.3, -0.25) is 0 Å². The minimum Gasteiger partial charge on any atom is -0.342 e. The van der Waals surface area contributed by atoms with Crippen LogP contribution in [0.2, 0.25) is 10.0 Å². The van der Waals surface area contributed by atoms with Crippen molar-refractivity contribution in [3.63, 3.8) is 0 Å². The molecule has 0 bridgehead atoms. The Morgan fingerprint density at radius 1 is 1.41 bits per heavy atom. The highest BCUT2D eigenvalue weighted by Gasteiger charge is 2.11. The van der Waals surface area contributed by atoms with Crippen molar-refractivity contribution in [1.29, 1.82) is 0 Å². The van der Waals surface area contributed by atoms with E-state index >= 15 is 0 Å². The summed E-state index contributed by atoms with van der Waals surface area (Å²) in [6, 6.07) is 5.34. The number of hydrogen-bond acceptors (Lipinski definition) is 2. The molecular formula is C12H13Cl2N3. The van der Waals surface area contributed by atoms with Crippen LogP contribution in [0.15, 0.2) is 24.4 Å². The topological polar surface area (TPSA) is 54.7 Å². The van der Waals surface area contributed by atoms with Crippen molar-refractivity contribution in [2.75, 3.05) is 6.54 Å². The van der Waals surface area contributed by atoms with Crippen LogP contribution < -0.4 is 5.73 Å². The fraction of sp³-hybridized carbons (Fsp3) is 0.250. The van der Waals surface area contributed by atoms with Crippen molar-refractivity contribution < 1.29 is 0 Å². The van der Waals surface area contributed by atoms with Crippen LogP contribution in [-0.2, 0) is 0 Å². The predicted molar refractivity (Wildman–Crippen MR) is 71.5 cm³/mol. The quantitative estimate of drug-likeness (QED) is 0.897. The summed E-state index contributed by atoms with van der Waals surface area (Å²) in [5.74, 6) is 1.06. The van der Waals surface area contributed by atoms with Gasteiger partial charge in [0.05, 0.1) is 16.9 Å². The van der Waals surface area contributed by atoms with Gasteiger partial charge < -0.3 is 10.7 Å². The van der Waals surface area contributed by atoms with E-state index < -0.39 is 0 Å². The lowest BCUT2D eigenvalue weighted by atomic mass is 10.1. The maximum absolute atomic E-state index is 6.12. The number of hydrogen-bond donors (Lipinski definition) is 2. The molecule has 5 heteroatoms. The van der Waals surface area contributed by atoms with Crippen molar-refractivity contribution in [3.8, 4) is 11.3 Å². The van der Waals surface area contributed by atoms with Crippen LogP contribution in [0.25, 0.3) is 11.3 Å². The van der Waals surface area contributed by atoms with E-state index in [1.165, 1.54) is 0 Å². The van der Waals surface area contributed by atoms with Crippen LogP contribution in [0, 0.1) is 0 Å². The first-order valence-corrected chi connectivity index (χ1v) is 6.07. The summed E-state index contributed by atoms with van der Waals surface area (Å²) in [5, 5.41) is 1.29. The minimum atomic E-state index is 0.196. The second-order valence-corrected chi connectivity index (χ2v) is 4.79. The molecule has 0 fully saturated rings. The average Bonchev–Trinajstić information content (AvgIpc) is 2.80. The normalized spacial score (nSPS) is 12.7. The summed E-state index contributed by atoms with van der Waals surface area (Å²) in [6.45, 7) is 2.57. The Bertz CT molecular complexity index is 522. The van der Waals surface area contributed by atoms with Crippen LogP contribution in [0.1, 0.15) is 18.7 Å². The first-order valence-electron chi connectivity index (χ1n) is 5.32. The van der Waals surface area contributed by atoms with Gasteiger partial charge >= 0.3 is 0 Å². The number of nitrogens with zero attached hydrogens (tertiary/aromatic N) is 1. The van der Waals surface area contributed by atoms with Crippen LogP contribution in [0.4, 0.5) is 0 Å². The van der Waals surface area contributed by atoms with Crippen LogP contribution in [-0.4, -0.2) is 16.5 Å². The fourth-order valence-corrected chi connectivity index (χ4v) is 1.93. The van der Waals surface area contributed by atoms with E-state index in [0.717, 1.165) is 17.1 Å². The molecule has 0 amide bonds. The molecule has 90 valence electrons. The fourth-order valence-electron chi connectivity index (χ4n) is 1.54. The number of halogens is 2. The van der Waals surface area contributed by atoms with Gasteiger partial charge in [0.1, 0.15) is 5.82 Å². The minimum absolute atomic E-state index is 0.196. The maximum Gasteiger partial charge on any atom is 0.110 e. The molecule has 0 radical (unpaired) electrons. The highest BCUT2D eigenvalue weighted by Crippen LogP contribution is 2.29. The molecule has 2 aromatic rings. The van der Waals surface area contributed by atoms with Crippen molar-refractivity contribution in [1.82, 2.24) is 9.97 Å². The molecule has 0 aliphatic heterocycles. The molecule has 1 aromatic heterocycles. The largest absolute Gasteiger partial charge is 0.342 e. The molecule has 17 heavy (non-hydrogen) atoms. The third kappa shape index (κ3) is 2.63. The Hall–Kier alpha value is -1.03. The summed E-state index contributed by atoms with van der Waals surface area (Å²) in [6.07, 6.45) is 1.75. The van der Waals surface area contributed by atoms with Gasteiger partial charge in [-0.1, -0.05) is 30.1 Å². The van der Waals surface area contributed by atoms with E-state index in [4.69, 9.17) is 28.9 Å². The molecule has 0 aliphatic carbocycles. The van der Waals surface area contributed by atoms with E-state index in [2.05, 4.69) is 9.97 Å². The standard InChI is InChI=1S/C12H13Cl2N3/c1-7(5-15)12-16-6-11(17-12)9-4-8(13)2-3-10(9)14/h2-4,6-7H,5,15H2,1H3,(H,16,17). The van der Waals surface area contributed by atoms with Gasteiger partial charge in [-0.25, -0.2) is 4.98 Å². The van der Waals surface area contributed by atoms with Gasteiger partial charge in [0.2, 0.25) is 0 Å². The zero-order valence-electron chi connectivity index (χ0n) is 9.37. The molecule has 0 aliphatic rings. The molecule has 0 saturated heterocycles. The van der Waals surface area contributed by atoms with Crippen molar-refractivity contribution >= 4 is 23.2 Å². The average molecular weight is 270 g/mol. The SMILES string of the molecule is CC(CN)c1ncc(-c2cc(Cl)ccc2Cl)[nH]1. The summed E-state index contributed by atoms with van der Waals surface area (Å²) in [7, 11) is 0. The van der Waals surface area contributed by atoms with Crippen molar-refractivity contribution in [3.05, 3.63) is 40.3 Å². The number of rotatable bonds is 3. The Morgan fingerprint density at radius 2 is 2.18 bits per heavy atom. The molecule has 3 N–H and O–H groups in total. The number of nitrogens with one attached hydrogen (secondary N) is 1. The van der Waals surface area contributed by atoms with Gasteiger partial charge in [0.15, 0.2) is 0 Å². The highest BCUT2D eigenvalue weighted by atomic mass is 35.5. The highest BCUT2D eigenvalue weighted by molar-refractivity contribution is 6.35. The lowest BCUT2D eigenvalue weighted by Gasteiger charge is -2.04. The van der Waals surface area contributed by atoms with Crippen molar-refractivity contribution in [2.45, 2.75) is 12.8 Å². The summed E-state index contributed by atoms with van der Waals surface area (Å²) in [5.41, 5.74) is 7.30. The third-order valence-corrected chi connectivity index (χ3v) is 3.20. The van der Waals surface area contributed by atoms with Crippen LogP contribution in [0.5, 0.6) is 0 Å². The molecule has 3 nitrogen and oxygen atoms in total. The Balaban J connectivity index is 2.40. The first-order chi connectivity index (χ1) is 8.11. The molecule has 1 heterocycles. The summed E-state index contributed by atoms with van der Waals surface area (Å²) in [4.78, 5) is 7.51. The van der Waals surface area contributed by atoms with Crippen LogP contribution in [0.3, 0.4) is 0 Å². The van der Waals surface area contributed by atoms with Gasteiger partial charge in [-0.15, -0.1) is 0 Å². The van der Waals surface area contributed by atoms with Crippen molar-refractivity contribution in [2.24, 2.45) is 5.73 Å². The number of H-pyrrole nitrogens is 1. The Morgan fingerprint density at radius 3 is 2.88 bits per heavy atom. The van der Waals surface area contributed by atoms with Gasteiger partial charge in [0.25, 0.3) is 0 Å². The second kappa shape index (κ2) is 5.08. The lowest BCUT2D eigenvalue weighted by molar-refractivity contribution is 0.725. The van der Waals surface area contributed by atoms with E-state index in [0.29, 0.717) is 16.6 Å². The van der Waals surface area contributed by atoms with Crippen LogP contribution >= 0.6 is 23.2 Å². The van der Waals surface area contributed by atoms with Gasteiger partial charge in [0, 0.05) is 23.0 Å². The number of imidazole rings is 1. The van der Waals surface area contributed by atoms with E-state index in [1.807, 2.05) is 13.0 Å². The lowest BCUT2D eigenvalue weighted by Crippen LogP contribution is -2.10. The van der Waals surface area contributed by atoms with E-state index in [-0.39, 0.29) is 5.92 Å². The van der Waals surface area contributed by atoms with Gasteiger partial charge in [-0.05, 0) is 18.2 Å². The predicted octanol–water partition coefficient (Wildman–Crippen LogP) is 3.45. The zero-order valence-corrected chi connectivity index (χ0v) is 10.9. The number of aromatic nitrogens is 2. The first kappa shape index (κ1) is 12.4. The Kier molecular flexibility index (Phi) is 3.72. The summed E-state index contributed by atoms with van der Waals surface area (Å²) < 4.78 is 0. The van der Waals surface area contributed by atoms with E-state index in [9.17, 15) is 0 Å². The molecule has 1 aromatic carbocycles. The third-order valence-electron chi connectivity index (χ3n) is 2.63.